The minimum Gasteiger partial charge on any atom is -0.493 e. The third kappa shape index (κ3) is 5.57. The summed E-state index contributed by atoms with van der Waals surface area (Å²) in [5.41, 5.74) is 2.22. The fourth-order valence-electron chi connectivity index (χ4n) is 2.37. The van der Waals surface area contributed by atoms with Gasteiger partial charge in [-0.3, -0.25) is 9.78 Å². The number of hydrogen-bond acceptors (Lipinski definition) is 5. The number of carbonyl (C=O) groups is 1. The number of ether oxygens (including phenoxy) is 3. The average Bonchev–Trinajstić information content (AvgIpc) is 2.64. The molecule has 1 heterocycles. The molecule has 2 aromatic rings. The molecule has 5 nitrogen and oxygen atoms in total. The number of esters is 1. The summed E-state index contributed by atoms with van der Waals surface area (Å²) in [4.78, 5) is 15.8. The van der Waals surface area contributed by atoms with Crippen LogP contribution in [0.5, 0.6) is 11.5 Å². The lowest BCUT2D eigenvalue weighted by molar-refractivity contribution is -0.143. The molecule has 0 radical (unpaired) electrons. The molecule has 0 aliphatic heterocycles. The molecule has 5 heteroatoms. The number of pyridine rings is 1. The van der Waals surface area contributed by atoms with Gasteiger partial charge in [-0.25, -0.2) is 0 Å². The van der Waals surface area contributed by atoms with Crippen LogP contribution >= 0.6 is 0 Å². The van der Waals surface area contributed by atoms with Crippen LogP contribution < -0.4 is 9.47 Å². The van der Waals surface area contributed by atoms with Crippen LogP contribution in [0.1, 0.15) is 24.0 Å². The van der Waals surface area contributed by atoms with E-state index in [9.17, 15) is 4.79 Å². The van der Waals surface area contributed by atoms with Crippen molar-refractivity contribution in [2.75, 3.05) is 20.8 Å². The van der Waals surface area contributed by atoms with E-state index in [0.29, 0.717) is 30.9 Å². The lowest BCUT2D eigenvalue weighted by atomic mass is 10.1. The zero-order valence-corrected chi connectivity index (χ0v) is 14.2. The highest BCUT2D eigenvalue weighted by Gasteiger charge is 2.07. The van der Waals surface area contributed by atoms with Crippen LogP contribution in [0.25, 0.3) is 0 Å². The molecule has 0 aliphatic carbocycles. The van der Waals surface area contributed by atoms with Gasteiger partial charge in [0.25, 0.3) is 0 Å². The van der Waals surface area contributed by atoms with Crippen LogP contribution in [-0.2, 0) is 22.4 Å². The summed E-state index contributed by atoms with van der Waals surface area (Å²) in [7, 11) is 3.19. The van der Waals surface area contributed by atoms with E-state index in [1.165, 1.54) is 5.56 Å². The highest BCUT2D eigenvalue weighted by atomic mass is 16.5. The molecule has 0 saturated carbocycles. The fourth-order valence-corrected chi connectivity index (χ4v) is 2.37. The maximum Gasteiger partial charge on any atom is 0.306 e. The summed E-state index contributed by atoms with van der Waals surface area (Å²) < 4.78 is 15.7. The van der Waals surface area contributed by atoms with Gasteiger partial charge in [0.1, 0.15) is 0 Å². The first-order chi connectivity index (χ1) is 11.7. The van der Waals surface area contributed by atoms with Crippen molar-refractivity contribution in [3.63, 3.8) is 0 Å². The predicted molar refractivity (Wildman–Crippen MR) is 91.4 cm³/mol. The lowest BCUT2D eigenvalue weighted by Crippen LogP contribution is -2.08. The summed E-state index contributed by atoms with van der Waals surface area (Å²) in [5.74, 6) is 1.17. The summed E-state index contributed by atoms with van der Waals surface area (Å²) in [6, 6.07) is 9.60. The molecule has 128 valence electrons. The molecule has 24 heavy (non-hydrogen) atoms. The van der Waals surface area contributed by atoms with Gasteiger partial charge in [-0.15, -0.1) is 0 Å². The Kier molecular flexibility index (Phi) is 7.08. The lowest BCUT2D eigenvalue weighted by Gasteiger charge is -2.09. The number of hydrogen-bond donors (Lipinski definition) is 0. The second-order valence-electron chi connectivity index (χ2n) is 5.37. The summed E-state index contributed by atoms with van der Waals surface area (Å²) in [5, 5.41) is 0. The normalized spacial score (nSPS) is 10.2. The Morgan fingerprint density at radius 3 is 2.42 bits per heavy atom. The quantitative estimate of drug-likeness (QED) is 0.522. The molecule has 2 rings (SSSR count). The molecule has 0 fully saturated rings. The van der Waals surface area contributed by atoms with Gasteiger partial charge in [0.2, 0.25) is 0 Å². The number of methoxy groups -OCH3 is 2. The number of nitrogens with zero attached hydrogens (tertiary/aromatic N) is 1. The second-order valence-corrected chi connectivity index (χ2v) is 5.37. The number of carbonyl (C=O) groups excluding carboxylic acids is 1. The van der Waals surface area contributed by atoms with Crippen LogP contribution in [0.3, 0.4) is 0 Å². The maximum atomic E-state index is 11.8. The predicted octanol–water partition coefficient (Wildman–Crippen LogP) is 3.21. The van der Waals surface area contributed by atoms with Gasteiger partial charge in [-0.1, -0.05) is 6.07 Å². The first-order valence-electron chi connectivity index (χ1n) is 7.98. The molecule has 0 spiro atoms. The number of aromatic nitrogens is 1. The zero-order chi connectivity index (χ0) is 17.2. The maximum absolute atomic E-state index is 11.8. The van der Waals surface area contributed by atoms with Crippen molar-refractivity contribution >= 4 is 5.97 Å². The first kappa shape index (κ1) is 17.8. The Bertz CT molecular complexity index is 643. The van der Waals surface area contributed by atoms with E-state index in [-0.39, 0.29) is 5.97 Å². The van der Waals surface area contributed by atoms with Crippen molar-refractivity contribution in [2.24, 2.45) is 0 Å². The van der Waals surface area contributed by atoms with E-state index >= 15 is 0 Å². The van der Waals surface area contributed by atoms with Crippen molar-refractivity contribution in [1.82, 2.24) is 4.98 Å². The molecule has 0 aliphatic rings. The Morgan fingerprint density at radius 1 is 0.958 bits per heavy atom. The highest BCUT2D eigenvalue weighted by Crippen LogP contribution is 2.27. The van der Waals surface area contributed by atoms with Crippen LogP contribution in [0.15, 0.2) is 42.7 Å². The van der Waals surface area contributed by atoms with Crippen LogP contribution in [0.2, 0.25) is 0 Å². The van der Waals surface area contributed by atoms with Gasteiger partial charge in [0.15, 0.2) is 11.5 Å². The van der Waals surface area contributed by atoms with Crippen molar-refractivity contribution in [3.8, 4) is 11.5 Å². The molecule has 1 aromatic heterocycles. The summed E-state index contributed by atoms with van der Waals surface area (Å²) in [6.07, 6.45) is 6.20. The van der Waals surface area contributed by atoms with Gasteiger partial charge >= 0.3 is 5.97 Å². The van der Waals surface area contributed by atoms with Gasteiger partial charge in [0.05, 0.1) is 20.8 Å². The molecule has 0 N–H and O–H groups in total. The van der Waals surface area contributed by atoms with Crippen LogP contribution in [-0.4, -0.2) is 31.8 Å². The summed E-state index contributed by atoms with van der Waals surface area (Å²) >= 11 is 0. The van der Waals surface area contributed by atoms with E-state index in [0.717, 1.165) is 18.4 Å². The molecular formula is C19H23NO4. The third-order valence-electron chi connectivity index (χ3n) is 3.69. The molecule has 0 saturated heterocycles. The minimum atomic E-state index is -0.181. The first-order valence-corrected chi connectivity index (χ1v) is 7.98. The average molecular weight is 329 g/mol. The number of benzene rings is 1. The smallest absolute Gasteiger partial charge is 0.306 e. The highest BCUT2D eigenvalue weighted by molar-refractivity contribution is 5.69. The van der Waals surface area contributed by atoms with Crippen molar-refractivity contribution in [2.45, 2.75) is 25.7 Å². The van der Waals surface area contributed by atoms with Crippen molar-refractivity contribution < 1.29 is 19.0 Å². The summed E-state index contributed by atoms with van der Waals surface area (Å²) in [6.45, 7) is 0.438. The Balaban J connectivity index is 1.69. The van der Waals surface area contributed by atoms with Crippen molar-refractivity contribution in [3.05, 3.63) is 53.9 Å². The van der Waals surface area contributed by atoms with Gasteiger partial charge < -0.3 is 14.2 Å². The monoisotopic (exact) mass is 329 g/mol. The topological polar surface area (TPSA) is 57.7 Å². The van der Waals surface area contributed by atoms with E-state index in [1.807, 2.05) is 30.3 Å². The van der Waals surface area contributed by atoms with E-state index < -0.39 is 0 Å². The van der Waals surface area contributed by atoms with Gasteiger partial charge in [0, 0.05) is 18.8 Å². The van der Waals surface area contributed by atoms with Gasteiger partial charge in [-0.2, -0.15) is 0 Å². The largest absolute Gasteiger partial charge is 0.493 e. The number of rotatable bonds is 9. The van der Waals surface area contributed by atoms with E-state index in [4.69, 9.17) is 14.2 Å². The van der Waals surface area contributed by atoms with Gasteiger partial charge in [-0.05, 0) is 54.7 Å². The number of aryl methyl sites for hydroxylation is 2. The molecule has 0 unspecified atom stereocenters. The zero-order valence-electron chi connectivity index (χ0n) is 14.2. The molecule has 0 amide bonds. The van der Waals surface area contributed by atoms with E-state index in [2.05, 4.69) is 4.98 Å². The van der Waals surface area contributed by atoms with Crippen LogP contribution in [0, 0.1) is 0 Å². The minimum absolute atomic E-state index is 0.181. The standard InChI is InChI=1S/C19H23NO4/c1-22-17-7-5-16(14-18(17)23-2)6-8-19(21)24-13-3-4-15-9-11-20-12-10-15/h5,7,9-12,14H,3-4,6,8,13H2,1-2H3. The van der Waals surface area contributed by atoms with Crippen LogP contribution in [0.4, 0.5) is 0 Å². The molecular weight excluding hydrogens is 306 g/mol. The SMILES string of the molecule is COc1ccc(CCC(=O)OCCCc2ccncc2)cc1OC. The second kappa shape index (κ2) is 9.55. The Morgan fingerprint density at radius 2 is 1.71 bits per heavy atom. The van der Waals surface area contributed by atoms with E-state index in [1.54, 1.807) is 26.6 Å². The third-order valence-corrected chi connectivity index (χ3v) is 3.69. The Labute approximate surface area is 142 Å². The van der Waals surface area contributed by atoms with Crippen molar-refractivity contribution in [1.29, 1.82) is 0 Å². The fraction of sp³-hybridized carbons (Fsp3) is 0.368. The Hall–Kier alpha value is -2.56. The molecule has 0 atom stereocenters. The molecule has 1 aromatic carbocycles. The molecule has 0 bridgehead atoms.